The largest absolute Gasteiger partial charge is 0.463 e. The molecule has 5 heteroatoms. The number of esters is 1. The van der Waals surface area contributed by atoms with Gasteiger partial charge in [0.2, 0.25) is 5.76 Å². The van der Waals surface area contributed by atoms with Crippen molar-refractivity contribution in [3.63, 3.8) is 0 Å². The van der Waals surface area contributed by atoms with Gasteiger partial charge in [-0.2, -0.15) is 0 Å². The summed E-state index contributed by atoms with van der Waals surface area (Å²) in [5.41, 5.74) is 3.78. The first-order chi connectivity index (χ1) is 13.1. The fraction of sp³-hybridized carbons (Fsp3) is 0.136. The quantitative estimate of drug-likeness (QED) is 0.389. The number of ether oxygens (including phenoxy) is 2. The monoisotopic (exact) mass is 360 g/mol. The van der Waals surface area contributed by atoms with Crippen molar-refractivity contribution in [1.29, 1.82) is 0 Å². The number of rotatable bonds is 5. The zero-order valence-electron chi connectivity index (χ0n) is 15.5. The third-order valence-electron chi connectivity index (χ3n) is 3.88. The van der Waals surface area contributed by atoms with Gasteiger partial charge in [-0.1, -0.05) is 60.7 Å². The van der Waals surface area contributed by atoms with E-state index in [0.717, 1.165) is 22.5 Å². The lowest BCUT2D eigenvalue weighted by molar-refractivity contribution is -0.138. The van der Waals surface area contributed by atoms with Crippen LogP contribution in [0.2, 0.25) is 0 Å². The van der Waals surface area contributed by atoms with E-state index in [4.69, 9.17) is 9.47 Å². The van der Waals surface area contributed by atoms with Crippen molar-refractivity contribution >= 4 is 11.5 Å². The summed E-state index contributed by atoms with van der Waals surface area (Å²) in [5.74, 6) is -0.555. The Kier molecular flexibility index (Phi) is 5.61. The molecule has 0 N–H and O–H groups in total. The summed E-state index contributed by atoms with van der Waals surface area (Å²) in [6, 6.07) is 21.0. The third kappa shape index (κ3) is 4.39. The molecule has 0 amide bonds. The van der Waals surface area contributed by atoms with Crippen molar-refractivity contribution in [2.24, 2.45) is 0 Å². The van der Waals surface area contributed by atoms with Crippen LogP contribution in [0.4, 0.5) is 0 Å². The van der Waals surface area contributed by atoms with Crippen LogP contribution in [0, 0.1) is 13.8 Å². The molecule has 27 heavy (non-hydrogen) atoms. The summed E-state index contributed by atoms with van der Waals surface area (Å²) in [4.78, 5) is 21.2. The van der Waals surface area contributed by atoms with Gasteiger partial charge in [-0.3, -0.25) is 0 Å². The number of methoxy groups -OCH3 is 1. The molecule has 2 aromatic carbocycles. The van der Waals surface area contributed by atoms with Crippen LogP contribution < -0.4 is 4.74 Å². The highest BCUT2D eigenvalue weighted by Crippen LogP contribution is 2.28. The molecule has 0 bridgehead atoms. The average molecular weight is 360 g/mol. The van der Waals surface area contributed by atoms with E-state index in [1.807, 2.05) is 80.6 Å². The first-order valence-electron chi connectivity index (χ1n) is 8.52. The Morgan fingerprint density at radius 1 is 0.815 bits per heavy atom. The molecule has 0 saturated carbocycles. The highest BCUT2D eigenvalue weighted by molar-refractivity contribution is 6.00. The van der Waals surface area contributed by atoms with E-state index in [-0.39, 0.29) is 11.8 Å². The molecule has 0 atom stereocenters. The minimum Gasteiger partial charge on any atom is -0.463 e. The van der Waals surface area contributed by atoms with Crippen LogP contribution in [0.1, 0.15) is 22.5 Å². The minimum atomic E-state index is -0.597. The van der Waals surface area contributed by atoms with Crippen LogP contribution in [0.5, 0.6) is 6.01 Å². The molecule has 3 rings (SSSR count). The standard InChI is InChI=1S/C22H20N2O3/c1-15-14-16(2)24-22(23-15)27-20(21(25)26-3)19(17-10-6-4-7-11-17)18-12-8-5-9-13-18/h4-14H,1-3H3. The molecule has 0 spiro atoms. The Hall–Kier alpha value is -3.47. The number of hydrogen-bond donors (Lipinski definition) is 0. The van der Waals surface area contributed by atoms with E-state index in [9.17, 15) is 4.79 Å². The molecular weight excluding hydrogens is 340 g/mol. The number of nitrogens with zero attached hydrogens (tertiary/aromatic N) is 2. The van der Waals surface area contributed by atoms with Gasteiger partial charge in [0.05, 0.1) is 7.11 Å². The summed E-state index contributed by atoms with van der Waals surface area (Å²) in [7, 11) is 1.32. The molecular formula is C22H20N2O3. The topological polar surface area (TPSA) is 61.3 Å². The number of carbonyl (C=O) groups excluding carboxylic acids is 1. The smallest absolute Gasteiger partial charge is 0.374 e. The fourth-order valence-electron chi connectivity index (χ4n) is 2.76. The normalized spacial score (nSPS) is 10.2. The lowest BCUT2D eigenvalue weighted by Gasteiger charge is -2.15. The van der Waals surface area contributed by atoms with Gasteiger partial charge in [-0.25, -0.2) is 14.8 Å². The SMILES string of the molecule is COC(=O)C(Oc1nc(C)cc(C)n1)=C(c1ccccc1)c1ccccc1. The molecule has 0 aliphatic carbocycles. The summed E-state index contributed by atoms with van der Waals surface area (Å²) >= 11 is 0. The van der Waals surface area contributed by atoms with Crippen LogP contribution in [-0.4, -0.2) is 23.0 Å². The number of hydrogen-bond acceptors (Lipinski definition) is 5. The van der Waals surface area contributed by atoms with E-state index in [0.29, 0.717) is 5.57 Å². The average Bonchev–Trinajstić information content (AvgIpc) is 2.68. The highest BCUT2D eigenvalue weighted by atomic mass is 16.6. The maximum Gasteiger partial charge on any atom is 0.374 e. The van der Waals surface area contributed by atoms with E-state index in [1.165, 1.54) is 7.11 Å². The summed E-state index contributed by atoms with van der Waals surface area (Å²) in [6.45, 7) is 3.69. The lowest BCUT2D eigenvalue weighted by Crippen LogP contribution is -2.15. The number of aryl methyl sites for hydroxylation is 2. The fourth-order valence-corrected chi connectivity index (χ4v) is 2.76. The van der Waals surface area contributed by atoms with Crippen molar-refractivity contribution < 1.29 is 14.3 Å². The molecule has 136 valence electrons. The van der Waals surface area contributed by atoms with Gasteiger partial charge in [-0.15, -0.1) is 0 Å². The van der Waals surface area contributed by atoms with Crippen molar-refractivity contribution in [2.45, 2.75) is 13.8 Å². The van der Waals surface area contributed by atoms with Crippen molar-refractivity contribution in [2.75, 3.05) is 7.11 Å². The van der Waals surface area contributed by atoms with Gasteiger partial charge in [0.1, 0.15) is 0 Å². The number of carbonyl (C=O) groups is 1. The second-order valence-corrected chi connectivity index (χ2v) is 5.96. The van der Waals surface area contributed by atoms with Crippen LogP contribution in [0.15, 0.2) is 72.5 Å². The first kappa shape index (κ1) is 18.3. The molecule has 0 fully saturated rings. The van der Waals surface area contributed by atoms with Gasteiger partial charge in [0.15, 0.2) is 0 Å². The van der Waals surface area contributed by atoms with E-state index >= 15 is 0 Å². The van der Waals surface area contributed by atoms with Gasteiger partial charge < -0.3 is 9.47 Å². The zero-order valence-corrected chi connectivity index (χ0v) is 15.5. The Balaban J connectivity index is 2.22. The van der Waals surface area contributed by atoms with E-state index in [1.54, 1.807) is 0 Å². The van der Waals surface area contributed by atoms with Gasteiger partial charge >= 0.3 is 12.0 Å². The molecule has 0 aliphatic heterocycles. The van der Waals surface area contributed by atoms with E-state index in [2.05, 4.69) is 9.97 Å². The Bertz CT molecular complexity index is 906. The third-order valence-corrected chi connectivity index (χ3v) is 3.88. The molecule has 0 saturated heterocycles. The Labute approximate surface area is 158 Å². The molecule has 0 unspecified atom stereocenters. The van der Waals surface area contributed by atoms with Gasteiger partial charge in [0.25, 0.3) is 0 Å². The number of aromatic nitrogens is 2. The molecule has 1 aromatic heterocycles. The minimum absolute atomic E-state index is 0.0416. The molecule has 0 radical (unpaired) electrons. The Morgan fingerprint density at radius 3 is 1.74 bits per heavy atom. The van der Waals surface area contributed by atoms with Gasteiger partial charge in [0, 0.05) is 17.0 Å². The molecule has 5 nitrogen and oxygen atoms in total. The van der Waals surface area contributed by atoms with Gasteiger partial charge in [-0.05, 0) is 31.0 Å². The molecule has 0 aliphatic rings. The Morgan fingerprint density at radius 2 is 1.30 bits per heavy atom. The second-order valence-electron chi connectivity index (χ2n) is 5.96. The van der Waals surface area contributed by atoms with Crippen molar-refractivity contribution in [3.8, 4) is 6.01 Å². The van der Waals surface area contributed by atoms with Crippen molar-refractivity contribution in [3.05, 3.63) is 95.0 Å². The maximum absolute atomic E-state index is 12.6. The lowest BCUT2D eigenvalue weighted by atomic mass is 9.96. The number of benzene rings is 2. The van der Waals surface area contributed by atoms with Crippen LogP contribution >= 0.6 is 0 Å². The molecule has 3 aromatic rings. The van der Waals surface area contributed by atoms with Crippen LogP contribution in [0.25, 0.3) is 5.57 Å². The summed E-state index contributed by atoms with van der Waals surface area (Å²) < 4.78 is 10.9. The zero-order chi connectivity index (χ0) is 19.2. The highest BCUT2D eigenvalue weighted by Gasteiger charge is 2.23. The predicted octanol–water partition coefficient (Wildman–Crippen LogP) is 4.10. The summed E-state index contributed by atoms with van der Waals surface area (Å²) in [6.07, 6.45) is 0. The predicted molar refractivity (Wildman–Crippen MR) is 103 cm³/mol. The van der Waals surface area contributed by atoms with Crippen LogP contribution in [0.3, 0.4) is 0 Å². The maximum atomic E-state index is 12.6. The first-order valence-corrected chi connectivity index (χ1v) is 8.52. The summed E-state index contributed by atoms with van der Waals surface area (Å²) in [5, 5.41) is 0. The van der Waals surface area contributed by atoms with Crippen LogP contribution in [-0.2, 0) is 9.53 Å². The second kappa shape index (κ2) is 8.27. The van der Waals surface area contributed by atoms with Crippen molar-refractivity contribution in [1.82, 2.24) is 9.97 Å². The van der Waals surface area contributed by atoms with E-state index < -0.39 is 5.97 Å². The molecule has 1 heterocycles.